The lowest BCUT2D eigenvalue weighted by Gasteiger charge is -2.39. The molecule has 2 aromatic carbocycles. The number of ether oxygens (including phenoxy) is 1. The fraction of sp³-hybridized carbons (Fsp3) is 0.450. The average molecular weight is 517 g/mol. The minimum absolute atomic E-state index is 0. The van der Waals surface area contributed by atoms with Gasteiger partial charge in [0.05, 0.1) is 17.0 Å². The number of benzene rings is 2. The van der Waals surface area contributed by atoms with E-state index in [-0.39, 0.29) is 29.7 Å². The van der Waals surface area contributed by atoms with Gasteiger partial charge in [0.1, 0.15) is 12.4 Å². The Kier molecular flexibility index (Phi) is 7.55. The molecule has 0 amide bonds. The molecule has 3 rings (SSSR count). The number of sulfone groups is 1. The predicted molar refractivity (Wildman–Crippen MR) is 126 cm³/mol. The molecule has 0 unspecified atom stereocenters. The molecule has 1 heterocycles. The SMILES string of the molecule is CN=C(NCCOc1cccc2ccccc12)N1CCS(=O)(=O)C(C)(C)C1.I. The van der Waals surface area contributed by atoms with E-state index in [4.69, 9.17) is 4.74 Å². The number of rotatable bonds is 4. The van der Waals surface area contributed by atoms with E-state index < -0.39 is 14.6 Å². The van der Waals surface area contributed by atoms with Gasteiger partial charge in [-0.15, -0.1) is 24.0 Å². The van der Waals surface area contributed by atoms with Gasteiger partial charge in [0.2, 0.25) is 0 Å². The second kappa shape index (κ2) is 9.30. The van der Waals surface area contributed by atoms with E-state index >= 15 is 0 Å². The molecule has 0 atom stereocenters. The van der Waals surface area contributed by atoms with Crippen LogP contribution in [0.15, 0.2) is 47.5 Å². The van der Waals surface area contributed by atoms with Crippen molar-refractivity contribution in [1.82, 2.24) is 10.2 Å². The highest BCUT2D eigenvalue weighted by atomic mass is 127. The van der Waals surface area contributed by atoms with Crippen LogP contribution in [-0.4, -0.2) is 63.1 Å². The van der Waals surface area contributed by atoms with Gasteiger partial charge in [-0.2, -0.15) is 0 Å². The molecule has 1 aliphatic heterocycles. The molecule has 0 bridgehead atoms. The fourth-order valence-corrected chi connectivity index (χ4v) is 4.67. The Morgan fingerprint density at radius 2 is 1.93 bits per heavy atom. The van der Waals surface area contributed by atoms with Crippen LogP contribution in [0.4, 0.5) is 0 Å². The Hall–Kier alpha value is -1.55. The maximum atomic E-state index is 12.2. The molecular weight excluding hydrogens is 489 g/mol. The van der Waals surface area contributed by atoms with Gasteiger partial charge in [-0.25, -0.2) is 8.42 Å². The number of aliphatic imine (C=N–C) groups is 1. The Labute approximate surface area is 184 Å². The van der Waals surface area contributed by atoms with Crippen molar-refractivity contribution in [3.63, 3.8) is 0 Å². The lowest BCUT2D eigenvalue weighted by Crippen LogP contribution is -2.57. The molecule has 0 aromatic heterocycles. The molecule has 0 radical (unpaired) electrons. The third kappa shape index (κ3) is 4.89. The highest BCUT2D eigenvalue weighted by molar-refractivity contribution is 14.0. The summed E-state index contributed by atoms with van der Waals surface area (Å²) in [7, 11) is -1.35. The maximum absolute atomic E-state index is 12.2. The Bertz CT molecular complexity index is 939. The number of fused-ring (bicyclic) bond motifs is 1. The fourth-order valence-electron chi connectivity index (χ4n) is 3.30. The monoisotopic (exact) mass is 517 g/mol. The second-order valence-corrected chi connectivity index (χ2v) is 10.0. The second-order valence-electron chi connectivity index (χ2n) is 7.30. The lowest BCUT2D eigenvalue weighted by atomic mass is 10.1. The van der Waals surface area contributed by atoms with E-state index in [0.29, 0.717) is 32.2 Å². The zero-order valence-corrected chi connectivity index (χ0v) is 19.7. The normalized spacial score (nSPS) is 18.4. The predicted octanol–water partition coefficient (Wildman–Crippen LogP) is 2.92. The summed E-state index contributed by atoms with van der Waals surface area (Å²) < 4.78 is 29.5. The van der Waals surface area contributed by atoms with Crippen molar-refractivity contribution in [2.24, 2.45) is 4.99 Å². The van der Waals surface area contributed by atoms with Crippen molar-refractivity contribution in [2.45, 2.75) is 18.6 Å². The first-order valence-electron chi connectivity index (χ1n) is 9.12. The van der Waals surface area contributed by atoms with Gasteiger partial charge in [0.25, 0.3) is 0 Å². The van der Waals surface area contributed by atoms with Gasteiger partial charge < -0.3 is 15.0 Å². The largest absolute Gasteiger partial charge is 0.491 e. The first kappa shape index (κ1) is 22.7. The summed E-state index contributed by atoms with van der Waals surface area (Å²) in [6, 6.07) is 14.1. The number of halogens is 1. The third-order valence-electron chi connectivity index (χ3n) is 4.95. The minimum atomic E-state index is -3.07. The van der Waals surface area contributed by atoms with Crippen LogP contribution < -0.4 is 10.1 Å². The first-order chi connectivity index (χ1) is 12.8. The molecule has 154 valence electrons. The highest BCUT2D eigenvalue weighted by Gasteiger charge is 2.40. The summed E-state index contributed by atoms with van der Waals surface area (Å²) >= 11 is 0. The molecule has 0 spiro atoms. The number of nitrogens with one attached hydrogen (secondary N) is 1. The molecular formula is C20H28IN3O3S. The standard InChI is InChI=1S/C20H27N3O3S.HI/c1-20(2)15-23(12-14-27(20,24)25)19(21-3)22-11-13-26-18-10-6-8-16-7-4-5-9-17(16)18;/h4-10H,11-15H2,1-3H3,(H,21,22);1H. The molecule has 1 fully saturated rings. The van der Waals surface area contributed by atoms with E-state index in [2.05, 4.69) is 22.4 Å². The molecule has 0 aliphatic carbocycles. The van der Waals surface area contributed by atoms with Crippen molar-refractivity contribution in [3.05, 3.63) is 42.5 Å². The Balaban J connectivity index is 0.00000280. The zero-order valence-electron chi connectivity index (χ0n) is 16.5. The van der Waals surface area contributed by atoms with Crippen LogP contribution in [0.3, 0.4) is 0 Å². The van der Waals surface area contributed by atoms with Crippen molar-refractivity contribution in [1.29, 1.82) is 0 Å². The molecule has 2 aromatic rings. The molecule has 1 aliphatic rings. The summed E-state index contributed by atoms with van der Waals surface area (Å²) in [5.74, 6) is 1.71. The van der Waals surface area contributed by atoms with Crippen LogP contribution in [0.1, 0.15) is 13.8 Å². The molecule has 1 saturated heterocycles. The number of nitrogens with zero attached hydrogens (tertiary/aromatic N) is 2. The van der Waals surface area contributed by atoms with Crippen LogP contribution in [0.25, 0.3) is 10.8 Å². The van der Waals surface area contributed by atoms with E-state index in [0.717, 1.165) is 16.5 Å². The summed E-state index contributed by atoms with van der Waals surface area (Å²) in [4.78, 5) is 6.30. The van der Waals surface area contributed by atoms with Crippen molar-refractivity contribution in [3.8, 4) is 5.75 Å². The van der Waals surface area contributed by atoms with Crippen molar-refractivity contribution in [2.75, 3.05) is 39.0 Å². The molecule has 0 saturated carbocycles. The van der Waals surface area contributed by atoms with Gasteiger partial charge in [0, 0.05) is 25.5 Å². The summed E-state index contributed by atoms with van der Waals surface area (Å²) in [5.41, 5.74) is 0. The van der Waals surface area contributed by atoms with Gasteiger partial charge in [-0.05, 0) is 25.3 Å². The number of hydrogen-bond acceptors (Lipinski definition) is 4. The zero-order chi connectivity index (χ0) is 19.5. The maximum Gasteiger partial charge on any atom is 0.193 e. The lowest BCUT2D eigenvalue weighted by molar-refractivity contribution is 0.316. The topological polar surface area (TPSA) is 71.0 Å². The number of hydrogen-bond donors (Lipinski definition) is 1. The smallest absolute Gasteiger partial charge is 0.193 e. The van der Waals surface area contributed by atoms with E-state index in [1.54, 1.807) is 20.9 Å². The van der Waals surface area contributed by atoms with Crippen LogP contribution >= 0.6 is 24.0 Å². The van der Waals surface area contributed by atoms with Gasteiger partial charge in [0.15, 0.2) is 15.8 Å². The first-order valence-corrected chi connectivity index (χ1v) is 10.8. The van der Waals surface area contributed by atoms with Crippen LogP contribution in [0.2, 0.25) is 0 Å². The van der Waals surface area contributed by atoms with Crippen LogP contribution in [0, 0.1) is 0 Å². The van der Waals surface area contributed by atoms with Crippen LogP contribution in [-0.2, 0) is 9.84 Å². The van der Waals surface area contributed by atoms with E-state index in [1.165, 1.54) is 0 Å². The minimum Gasteiger partial charge on any atom is -0.491 e. The quantitative estimate of drug-likeness (QED) is 0.293. The summed E-state index contributed by atoms with van der Waals surface area (Å²) in [6.07, 6.45) is 0. The highest BCUT2D eigenvalue weighted by Crippen LogP contribution is 2.25. The Morgan fingerprint density at radius 3 is 2.64 bits per heavy atom. The third-order valence-corrected chi connectivity index (χ3v) is 7.48. The molecule has 1 N–H and O–H groups in total. The van der Waals surface area contributed by atoms with Crippen molar-refractivity contribution >= 4 is 50.5 Å². The average Bonchev–Trinajstić information content (AvgIpc) is 2.64. The molecule has 8 heteroatoms. The number of guanidine groups is 1. The molecule has 28 heavy (non-hydrogen) atoms. The van der Waals surface area contributed by atoms with Gasteiger partial charge in [-0.1, -0.05) is 36.4 Å². The summed E-state index contributed by atoms with van der Waals surface area (Å²) in [5, 5.41) is 5.52. The van der Waals surface area contributed by atoms with Crippen LogP contribution in [0.5, 0.6) is 5.75 Å². The van der Waals surface area contributed by atoms with Gasteiger partial charge in [-0.3, -0.25) is 4.99 Å². The Morgan fingerprint density at radius 1 is 1.21 bits per heavy atom. The van der Waals surface area contributed by atoms with Gasteiger partial charge >= 0.3 is 0 Å². The van der Waals surface area contributed by atoms with E-state index in [1.807, 2.05) is 35.2 Å². The molecule has 6 nitrogen and oxygen atoms in total. The van der Waals surface area contributed by atoms with Crippen molar-refractivity contribution < 1.29 is 13.2 Å². The van der Waals surface area contributed by atoms with E-state index in [9.17, 15) is 8.42 Å². The summed E-state index contributed by atoms with van der Waals surface area (Å²) in [6.45, 7) is 5.49.